The van der Waals surface area contributed by atoms with Crippen LogP contribution < -0.4 is 10.6 Å². The van der Waals surface area contributed by atoms with Crippen molar-refractivity contribution in [2.24, 2.45) is 0 Å². The minimum Gasteiger partial charge on any atom is -0.370 e. The normalized spacial score (nSPS) is 10.4. The topological polar surface area (TPSA) is 49.8 Å². The van der Waals surface area contributed by atoms with Gasteiger partial charge in [-0.25, -0.2) is 18.7 Å². The average Bonchev–Trinajstić information content (AvgIpc) is 2.35. The summed E-state index contributed by atoms with van der Waals surface area (Å²) >= 11 is 3.02. The highest BCUT2D eigenvalue weighted by Crippen LogP contribution is 2.26. The van der Waals surface area contributed by atoms with E-state index in [1.807, 2.05) is 6.92 Å². The number of halogens is 3. The highest BCUT2D eigenvalue weighted by Gasteiger charge is 2.10. The largest absolute Gasteiger partial charge is 0.370 e. The van der Waals surface area contributed by atoms with Gasteiger partial charge < -0.3 is 10.6 Å². The fourth-order valence-corrected chi connectivity index (χ4v) is 2.00. The Labute approximate surface area is 123 Å². The molecule has 0 aliphatic rings. The van der Waals surface area contributed by atoms with Crippen molar-refractivity contribution in [3.63, 3.8) is 0 Å². The summed E-state index contributed by atoms with van der Waals surface area (Å²) < 4.78 is 27.0. The number of aryl methyl sites for hydroxylation is 1. The molecule has 1 aromatic heterocycles. The van der Waals surface area contributed by atoms with Crippen LogP contribution >= 0.6 is 15.9 Å². The maximum atomic E-state index is 13.7. The first-order valence-corrected chi connectivity index (χ1v) is 6.80. The van der Waals surface area contributed by atoms with E-state index in [1.165, 1.54) is 6.07 Å². The molecule has 4 nitrogen and oxygen atoms in total. The minimum atomic E-state index is -0.688. The molecule has 106 valence electrons. The Morgan fingerprint density at radius 1 is 1.10 bits per heavy atom. The lowest BCUT2D eigenvalue weighted by Crippen LogP contribution is -2.05. The van der Waals surface area contributed by atoms with Gasteiger partial charge in [-0.1, -0.05) is 0 Å². The molecule has 2 rings (SSSR count). The zero-order valence-corrected chi connectivity index (χ0v) is 12.6. The molecule has 0 unspecified atom stereocenters. The summed E-state index contributed by atoms with van der Waals surface area (Å²) in [5.74, 6) is 0.287. The second kappa shape index (κ2) is 6.13. The van der Waals surface area contributed by atoms with Gasteiger partial charge in [-0.2, -0.15) is 0 Å². The summed E-state index contributed by atoms with van der Waals surface area (Å²) in [4.78, 5) is 8.36. The smallest absolute Gasteiger partial charge is 0.149 e. The van der Waals surface area contributed by atoms with Crippen LogP contribution in [0.4, 0.5) is 26.1 Å². The third-order valence-corrected chi connectivity index (χ3v) is 3.08. The van der Waals surface area contributed by atoms with Crippen molar-refractivity contribution < 1.29 is 8.78 Å². The first-order valence-electron chi connectivity index (χ1n) is 6.00. The molecular weight excluding hydrogens is 330 g/mol. The third-order valence-electron chi connectivity index (χ3n) is 2.47. The van der Waals surface area contributed by atoms with Gasteiger partial charge in [0.2, 0.25) is 0 Å². The monoisotopic (exact) mass is 342 g/mol. The molecule has 1 heterocycles. The van der Waals surface area contributed by atoms with Gasteiger partial charge in [-0.15, -0.1) is 0 Å². The van der Waals surface area contributed by atoms with E-state index in [1.54, 1.807) is 13.0 Å². The van der Waals surface area contributed by atoms with E-state index in [4.69, 9.17) is 0 Å². The average molecular weight is 343 g/mol. The number of anilines is 3. The Bertz CT molecular complexity index is 634. The number of aromatic nitrogens is 2. The molecule has 20 heavy (non-hydrogen) atoms. The molecule has 0 atom stereocenters. The summed E-state index contributed by atoms with van der Waals surface area (Å²) in [5.41, 5.74) is 0.138. The zero-order chi connectivity index (χ0) is 14.7. The number of benzene rings is 1. The Morgan fingerprint density at radius 2 is 1.80 bits per heavy atom. The predicted molar refractivity (Wildman–Crippen MR) is 78.3 cm³/mol. The quantitative estimate of drug-likeness (QED) is 0.824. The summed E-state index contributed by atoms with van der Waals surface area (Å²) in [6.45, 7) is 4.40. The minimum absolute atomic E-state index is 0.138. The van der Waals surface area contributed by atoms with Gasteiger partial charge in [0.25, 0.3) is 0 Å². The van der Waals surface area contributed by atoms with Crippen molar-refractivity contribution in [3.05, 3.63) is 40.1 Å². The first-order chi connectivity index (χ1) is 9.49. The zero-order valence-electron chi connectivity index (χ0n) is 11.0. The van der Waals surface area contributed by atoms with Gasteiger partial charge in [0.15, 0.2) is 0 Å². The van der Waals surface area contributed by atoms with Crippen LogP contribution in [-0.2, 0) is 0 Å². The molecule has 0 bridgehead atoms. The van der Waals surface area contributed by atoms with E-state index in [0.717, 1.165) is 6.07 Å². The number of nitrogens with zero attached hydrogens (tertiary/aromatic N) is 2. The standard InChI is InChI=1S/C13H13BrF2N4/c1-3-17-12-6-13(19-7(2)18-12)20-11-4-8(14)9(15)5-10(11)16/h4-6H,3H2,1-2H3,(H2,17,18,19,20). The van der Waals surface area contributed by atoms with Crippen molar-refractivity contribution in [3.8, 4) is 0 Å². The van der Waals surface area contributed by atoms with E-state index in [9.17, 15) is 8.78 Å². The SMILES string of the molecule is CCNc1cc(Nc2cc(Br)c(F)cc2F)nc(C)n1. The van der Waals surface area contributed by atoms with Crippen molar-refractivity contribution in [2.45, 2.75) is 13.8 Å². The molecule has 0 aliphatic heterocycles. The molecular formula is C13H13BrF2N4. The molecule has 0 fully saturated rings. The summed E-state index contributed by atoms with van der Waals surface area (Å²) in [5, 5.41) is 5.87. The van der Waals surface area contributed by atoms with Crippen LogP contribution in [0, 0.1) is 18.6 Å². The maximum Gasteiger partial charge on any atom is 0.149 e. The highest BCUT2D eigenvalue weighted by molar-refractivity contribution is 9.10. The van der Waals surface area contributed by atoms with Crippen molar-refractivity contribution in [2.75, 3.05) is 17.2 Å². The summed E-state index contributed by atoms with van der Waals surface area (Å²) in [6.07, 6.45) is 0. The van der Waals surface area contributed by atoms with Crippen molar-refractivity contribution >= 4 is 33.3 Å². The molecule has 0 radical (unpaired) electrons. The molecule has 0 saturated heterocycles. The lowest BCUT2D eigenvalue weighted by atomic mass is 10.3. The van der Waals surface area contributed by atoms with Gasteiger partial charge in [0, 0.05) is 18.7 Å². The summed E-state index contributed by atoms with van der Waals surface area (Å²) in [6, 6.07) is 3.80. The fourth-order valence-electron chi connectivity index (χ4n) is 1.66. The van der Waals surface area contributed by atoms with Gasteiger partial charge >= 0.3 is 0 Å². The number of rotatable bonds is 4. The van der Waals surface area contributed by atoms with Crippen LogP contribution in [0.3, 0.4) is 0 Å². The Morgan fingerprint density at radius 3 is 2.50 bits per heavy atom. The van der Waals surface area contributed by atoms with E-state index in [-0.39, 0.29) is 10.2 Å². The Hall–Kier alpha value is -1.76. The summed E-state index contributed by atoms with van der Waals surface area (Å²) in [7, 11) is 0. The molecule has 0 saturated carbocycles. The molecule has 0 aliphatic carbocycles. The van der Waals surface area contributed by atoms with Crippen molar-refractivity contribution in [1.82, 2.24) is 9.97 Å². The van der Waals surface area contributed by atoms with E-state index in [0.29, 0.717) is 24.0 Å². The van der Waals surface area contributed by atoms with Crippen LogP contribution in [-0.4, -0.2) is 16.5 Å². The van der Waals surface area contributed by atoms with E-state index < -0.39 is 11.6 Å². The van der Waals surface area contributed by atoms with Crippen LogP contribution in [0.5, 0.6) is 0 Å². The lowest BCUT2D eigenvalue weighted by molar-refractivity contribution is 0.581. The van der Waals surface area contributed by atoms with Gasteiger partial charge in [0.05, 0.1) is 10.2 Å². The molecule has 1 aromatic carbocycles. The van der Waals surface area contributed by atoms with Crippen LogP contribution in [0.25, 0.3) is 0 Å². The molecule has 0 spiro atoms. The highest BCUT2D eigenvalue weighted by atomic mass is 79.9. The fraction of sp³-hybridized carbons (Fsp3) is 0.231. The lowest BCUT2D eigenvalue weighted by Gasteiger charge is -2.10. The molecule has 7 heteroatoms. The van der Waals surface area contributed by atoms with Gasteiger partial charge in [-0.05, 0) is 35.8 Å². The second-order valence-corrected chi connectivity index (χ2v) is 4.94. The Kier molecular flexibility index (Phi) is 4.49. The molecule has 2 N–H and O–H groups in total. The van der Waals surface area contributed by atoms with Gasteiger partial charge in [-0.3, -0.25) is 0 Å². The predicted octanol–water partition coefficient (Wildman–Crippen LogP) is 4.00. The number of hydrogen-bond donors (Lipinski definition) is 2. The van der Waals surface area contributed by atoms with Crippen LogP contribution in [0.15, 0.2) is 22.7 Å². The van der Waals surface area contributed by atoms with Gasteiger partial charge in [0.1, 0.15) is 29.1 Å². The van der Waals surface area contributed by atoms with Crippen molar-refractivity contribution in [1.29, 1.82) is 0 Å². The number of hydrogen-bond acceptors (Lipinski definition) is 4. The Balaban J connectivity index is 2.32. The van der Waals surface area contributed by atoms with Crippen LogP contribution in [0.2, 0.25) is 0 Å². The van der Waals surface area contributed by atoms with Crippen LogP contribution in [0.1, 0.15) is 12.7 Å². The first kappa shape index (κ1) is 14.6. The van der Waals surface area contributed by atoms with E-state index in [2.05, 4.69) is 36.5 Å². The maximum absolute atomic E-state index is 13.7. The molecule has 0 amide bonds. The third kappa shape index (κ3) is 3.41. The molecule has 2 aromatic rings. The number of nitrogens with one attached hydrogen (secondary N) is 2. The van der Waals surface area contributed by atoms with E-state index >= 15 is 0 Å². The second-order valence-electron chi connectivity index (χ2n) is 4.09.